The lowest BCUT2D eigenvalue weighted by molar-refractivity contribution is 0.632. The van der Waals surface area contributed by atoms with Gasteiger partial charge in [-0.25, -0.2) is 0 Å². The molecule has 2 aromatic rings. The molecule has 0 saturated carbocycles. The molecule has 3 rings (SSSR count). The Labute approximate surface area is 106 Å². The Morgan fingerprint density at radius 3 is 2.94 bits per heavy atom. The molecule has 0 radical (unpaired) electrons. The van der Waals surface area contributed by atoms with Crippen molar-refractivity contribution in [3.8, 4) is 11.3 Å². The van der Waals surface area contributed by atoms with Crippen molar-refractivity contribution in [2.75, 3.05) is 18.4 Å². The van der Waals surface area contributed by atoms with Gasteiger partial charge < -0.3 is 15.6 Å². The van der Waals surface area contributed by atoms with Crippen molar-refractivity contribution in [1.29, 1.82) is 0 Å². The zero-order valence-electron chi connectivity index (χ0n) is 10.2. The van der Waals surface area contributed by atoms with Gasteiger partial charge >= 0.3 is 0 Å². The monoisotopic (exact) mass is 243 g/mol. The Bertz CT molecular complexity index is 471. The normalized spacial score (nSPS) is 19.0. The summed E-state index contributed by atoms with van der Waals surface area (Å²) in [5.41, 5.74) is 1.95. The van der Waals surface area contributed by atoms with Crippen molar-refractivity contribution in [3.05, 3.63) is 30.6 Å². The van der Waals surface area contributed by atoms with Crippen LogP contribution in [-0.4, -0.2) is 34.3 Å². The zero-order chi connectivity index (χ0) is 12.2. The molecule has 1 atom stereocenters. The highest BCUT2D eigenvalue weighted by molar-refractivity contribution is 5.58. The Balaban J connectivity index is 1.60. The molecule has 1 saturated heterocycles. The van der Waals surface area contributed by atoms with Gasteiger partial charge in [0.2, 0.25) is 0 Å². The summed E-state index contributed by atoms with van der Waals surface area (Å²) in [6, 6.07) is 6.51. The summed E-state index contributed by atoms with van der Waals surface area (Å²) in [6.45, 7) is 2.04. The molecule has 18 heavy (non-hydrogen) atoms. The first-order valence-corrected chi connectivity index (χ1v) is 6.36. The molecule has 1 aliphatic heterocycles. The average molecular weight is 243 g/mol. The van der Waals surface area contributed by atoms with Crippen molar-refractivity contribution in [3.63, 3.8) is 0 Å². The summed E-state index contributed by atoms with van der Waals surface area (Å²) < 4.78 is 0. The maximum absolute atomic E-state index is 4.21. The zero-order valence-corrected chi connectivity index (χ0v) is 10.2. The fraction of sp³-hybridized carbons (Fsp3) is 0.385. The molecule has 0 aliphatic carbocycles. The lowest BCUT2D eigenvalue weighted by atomic mass is 10.2. The van der Waals surface area contributed by atoms with Crippen LogP contribution in [0.4, 0.5) is 5.82 Å². The van der Waals surface area contributed by atoms with Crippen molar-refractivity contribution < 1.29 is 0 Å². The number of anilines is 1. The maximum Gasteiger partial charge on any atom is 0.148 e. The molecule has 1 unspecified atom stereocenters. The van der Waals surface area contributed by atoms with Crippen LogP contribution in [-0.2, 0) is 0 Å². The van der Waals surface area contributed by atoms with Gasteiger partial charge in [0.15, 0.2) is 0 Å². The smallest absolute Gasteiger partial charge is 0.148 e. The molecule has 3 N–H and O–H groups in total. The predicted octanol–water partition coefficient (Wildman–Crippen LogP) is 1.64. The third-order valence-corrected chi connectivity index (χ3v) is 3.25. The summed E-state index contributed by atoms with van der Waals surface area (Å²) in [7, 11) is 0. The number of aromatic nitrogens is 3. The fourth-order valence-electron chi connectivity index (χ4n) is 2.22. The molecule has 1 fully saturated rings. The van der Waals surface area contributed by atoms with E-state index in [4.69, 9.17) is 0 Å². The first kappa shape index (κ1) is 11.2. The first-order chi connectivity index (χ1) is 8.92. The van der Waals surface area contributed by atoms with E-state index in [-0.39, 0.29) is 0 Å². The van der Waals surface area contributed by atoms with E-state index in [9.17, 15) is 0 Å². The molecular formula is C13H17N5. The Hall–Kier alpha value is -1.88. The SMILES string of the molecule is c1cc(-c2ccc(NCC3CCCN3)nn2)c[nH]1. The molecule has 3 heterocycles. The lowest BCUT2D eigenvalue weighted by Gasteiger charge is -2.11. The predicted molar refractivity (Wildman–Crippen MR) is 71.3 cm³/mol. The van der Waals surface area contributed by atoms with Crippen LogP contribution in [0.25, 0.3) is 11.3 Å². The van der Waals surface area contributed by atoms with E-state index in [1.165, 1.54) is 12.8 Å². The summed E-state index contributed by atoms with van der Waals surface area (Å²) in [5.74, 6) is 0.836. The van der Waals surface area contributed by atoms with E-state index in [0.29, 0.717) is 6.04 Å². The Kier molecular flexibility index (Phi) is 3.23. The quantitative estimate of drug-likeness (QED) is 0.763. The second-order valence-corrected chi connectivity index (χ2v) is 4.58. The number of H-pyrrole nitrogens is 1. The summed E-state index contributed by atoms with van der Waals surface area (Å²) in [6.07, 6.45) is 6.31. The molecule has 1 aliphatic rings. The molecule has 5 heteroatoms. The number of hydrogen-bond acceptors (Lipinski definition) is 4. The minimum atomic E-state index is 0.566. The van der Waals surface area contributed by atoms with Gasteiger partial charge in [0.05, 0.1) is 5.69 Å². The number of nitrogens with zero attached hydrogens (tertiary/aromatic N) is 2. The van der Waals surface area contributed by atoms with Crippen LogP contribution in [0.5, 0.6) is 0 Å². The van der Waals surface area contributed by atoms with E-state index in [1.807, 2.05) is 30.6 Å². The molecule has 0 aromatic carbocycles. The van der Waals surface area contributed by atoms with Crippen molar-refractivity contribution in [2.45, 2.75) is 18.9 Å². The largest absolute Gasteiger partial charge is 0.367 e. The minimum absolute atomic E-state index is 0.566. The summed E-state index contributed by atoms with van der Waals surface area (Å²) >= 11 is 0. The second-order valence-electron chi connectivity index (χ2n) is 4.58. The van der Waals surface area contributed by atoms with E-state index >= 15 is 0 Å². The summed E-state index contributed by atoms with van der Waals surface area (Å²) in [5, 5.41) is 15.2. The molecule has 0 bridgehead atoms. The van der Waals surface area contributed by atoms with Gasteiger partial charge in [-0.2, -0.15) is 0 Å². The van der Waals surface area contributed by atoms with Gasteiger partial charge in [-0.15, -0.1) is 10.2 Å². The van der Waals surface area contributed by atoms with Gasteiger partial charge in [-0.05, 0) is 37.6 Å². The van der Waals surface area contributed by atoms with Crippen LogP contribution < -0.4 is 10.6 Å². The highest BCUT2D eigenvalue weighted by Crippen LogP contribution is 2.16. The van der Waals surface area contributed by atoms with Crippen molar-refractivity contribution in [2.24, 2.45) is 0 Å². The number of nitrogens with one attached hydrogen (secondary N) is 3. The topological polar surface area (TPSA) is 65.6 Å². The van der Waals surface area contributed by atoms with Crippen molar-refractivity contribution in [1.82, 2.24) is 20.5 Å². The highest BCUT2D eigenvalue weighted by atomic mass is 15.2. The lowest BCUT2D eigenvalue weighted by Crippen LogP contribution is -2.29. The van der Waals surface area contributed by atoms with Gasteiger partial charge in [0, 0.05) is 30.5 Å². The van der Waals surface area contributed by atoms with Crippen LogP contribution in [0.2, 0.25) is 0 Å². The van der Waals surface area contributed by atoms with Gasteiger partial charge in [-0.1, -0.05) is 0 Å². The number of rotatable bonds is 4. The van der Waals surface area contributed by atoms with Gasteiger partial charge in [0.1, 0.15) is 5.82 Å². The molecule has 5 nitrogen and oxygen atoms in total. The molecule has 2 aromatic heterocycles. The molecule has 0 amide bonds. The van der Waals surface area contributed by atoms with Crippen LogP contribution in [0.15, 0.2) is 30.6 Å². The molecule has 94 valence electrons. The Morgan fingerprint density at radius 2 is 2.28 bits per heavy atom. The Morgan fingerprint density at radius 1 is 1.28 bits per heavy atom. The second kappa shape index (κ2) is 5.18. The van der Waals surface area contributed by atoms with Gasteiger partial charge in [-0.3, -0.25) is 0 Å². The molecular weight excluding hydrogens is 226 g/mol. The number of aromatic amines is 1. The third kappa shape index (κ3) is 2.51. The van der Waals surface area contributed by atoms with E-state index in [2.05, 4.69) is 25.8 Å². The fourth-order valence-corrected chi connectivity index (χ4v) is 2.22. The van der Waals surface area contributed by atoms with Crippen LogP contribution in [0.1, 0.15) is 12.8 Å². The van der Waals surface area contributed by atoms with Gasteiger partial charge in [0.25, 0.3) is 0 Å². The highest BCUT2D eigenvalue weighted by Gasteiger charge is 2.13. The summed E-state index contributed by atoms with van der Waals surface area (Å²) in [4.78, 5) is 3.01. The van der Waals surface area contributed by atoms with Crippen LogP contribution >= 0.6 is 0 Å². The average Bonchev–Trinajstić information content (AvgIpc) is 3.10. The van der Waals surface area contributed by atoms with E-state index in [0.717, 1.165) is 30.2 Å². The first-order valence-electron chi connectivity index (χ1n) is 6.36. The molecule has 0 spiro atoms. The van der Waals surface area contributed by atoms with E-state index < -0.39 is 0 Å². The number of hydrogen-bond donors (Lipinski definition) is 3. The minimum Gasteiger partial charge on any atom is -0.367 e. The third-order valence-electron chi connectivity index (χ3n) is 3.25. The van der Waals surface area contributed by atoms with Crippen molar-refractivity contribution >= 4 is 5.82 Å². The van der Waals surface area contributed by atoms with Crippen LogP contribution in [0, 0.1) is 0 Å². The van der Waals surface area contributed by atoms with E-state index in [1.54, 1.807) is 0 Å². The standard InChI is InChI=1S/C13H17N5/c1-2-11(15-6-1)9-16-13-4-3-12(17-18-13)10-5-7-14-8-10/h3-5,7-8,11,14-15H,1-2,6,9H2,(H,16,18). The maximum atomic E-state index is 4.21. The van der Waals surface area contributed by atoms with Crippen LogP contribution in [0.3, 0.4) is 0 Å².